The summed E-state index contributed by atoms with van der Waals surface area (Å²) in [6.45, 7) is 0.673. The van der Waals surface area contributed by atoms with Crippen molar-refractivity contribution >= 4 is 23.2 Å². The first kappa shape index (κ1) is 13.2. The molecule has 1 aromatic carbocycles. The molecule has 0 spiro atoms. The van der Waals surface area contributed by atoms with E-state index in [0.29, 0.717) is 23.4 Å². The first-order chi connectivity index (χ1) is 8.22. The van der Waals surface area contributed by atoms with Gasteiger partial charge in [-0.15, -0.1) is 0 Å². The third kappa shape index (κ3) is 3.15. The maximum absolute atomic E-state index is 6.28. The molecule has 0 saturated heterocycles. The van der Waals surface area contributed by atoms with Crippen molar-refractivity contribution in [2.75, 3.05) is 6.54 Å². The predicted molar refractivity (Wildman–Crippen MR) is 74.8 cm³/mol. The van der Waals surface area contributed by atoms with Crippen molar-refractivity contribution in [3.8, 4) is 0 Å². The minimum atomic E-state index is 0.389. The van der Waals surface area contributed by atoms with E-state index >= 15 is 0 Å². The Morgan fingerprint density at radius 3 is 2.47 bits per heavy atom. The standard InChI is InChI=1S/C14H19Cl2N/c15-11-6-7-12(14(16)8-11)13(9-17)10-4-2-1-3-5-10/h6-8,10,13H,1-5,9,17H2. The van der Waals surface area contributed by atoms with Crippen LogP contribution in [0.15, 0.2) is 18.2 Å². The summed E-state index contributed by atoms with van der Waals surface area (Å²) in [6.07, 6.45) is 6.57. The molecule has 2 rings (SSSR count). The Kier molecular flexibility index (Phi) is 4.72. The van der Waals surface area contributed by atoms with Gasteiger partial charge in [-0.25, -0.2) is 0 Å². The molecular weight excluding hydrogens is 253 g/mol. The Labute approximate surface area is 113 Å². The lowest BCUT2D eigenvalue weighted by Crippen LogP contribution is -2.23. The highest BCUT2D eigenvalue weighted by Gasteiger charge is 2.25. The van der Waals surface area contributed by atoms with E-state index in [-0.39, 0.29) is 0 Å². The van der Waals surface area contributed by atoms with Gasteiger partial charge in [0.25, 0.3) is 0 Å². The molecule has 1 aliphatic rings. The van der Waals surface area contributed by atoms with Gasteiger partial charge in [0.1, 0.15) is 0 Å². The van der Waals surface area contributed by atoms with E-state index in [0.717, 1.165) is 5.02 Å². The fourth-order valence-corrected chi connectivity index (χ4v) is 3.46. The van der Waals surface area contributed by atoms with Gasteiger partial charge >= 0.3 is 0 Å². The fraction of sp³-hybridized carbons (Fsp3) is 0.571. The summed E-state index contributed by atoms with van der Waals surface area (Å²) < 4.78 is 0. The molecule has 0 aliphatic heterocycles. The molecule has 17 heavy (non-hydrogen) atoms. The van der Waals surface area contributed by atoms with Gasteiger partial charge in [-0.1, -0.05) is 48.5 Å². The van der Waals surface area contributed by atoms with Gasteiger partial charge in [-0.3, -0.25) is 0 Å². The lowest BCUT2D eigenvalue weighted by Gasteiger charge is -2.30. The second-order valence-electron chi connectivity index (χ2n) is 4.91. The monoisotopic (exact) mass is 271 g/mol. The Bertz CT molecular complexity index is 372. The Hall–Kier alpha value is -0.240. The quantitative estimate of drug-likeness (QED) is 0.853. The summed E-state index contributed by atoms with van der Waals surface area (Å²) in [6, 6.07) is 5.77. The molecule has 3 heteroatoms. The van der Waals surface area contributed by atoms with Crippen LogP contribution in [0.4, 0.5) is 0 Å². The minimum absolute atomic E-state index is 0.389. The lowest BCUT2D eigenvalue weighted by molar-refractivity contribution is 0.307. The maximum Gasteiger partial charge on any atom is 0.0456 e. The molecule has 1 unspecified atom stereocenters. The number of halogens is 2. The van der Waals surface area contributed by atoms with Crippen LogP contribution in [-0.2, 0) is 0 Å². The van der Waals surface area contributed by atoms with E-state index < -0.39 is 0 Å². The number of rotatable bonds is 3. The predicted octanol–water partition coefficient (Wildman–Crippen LogP) is 4.62. The molecule has 0 amide bonds. The van der Waals surface area contributed by atoms with Crippen molar-refractivity contribution in [3.05, 3.63) is 33.8 Å². The van der Waals surface area contributed by atoms with E-state index in [9.17, 15) is 0 Å². The lowest BCUT2D eigenvalue weighted by atomic mass is 9.77. The zero-order valence-corrected chi connectivity index (χ0v) is 11.5. The zero-order chi connectivity index (χ0) is 12.3. The van der Waals surface area contributed by atoms with E-state index in [2.05, 4.69) is 0 Å². The Balaban J connectivity index is 2.21. The van der Waals surface area contributed by atoms with Crippen LogP contribution in [0, 0.1) is 5.92 Å². The van der Waals surface area contributed by atoms with E-state index in [1.54, 1.807) is 0 Å². The average Bonchev–Trinajstić information content (AvgIpc) is 2.34. The maximum atomic E-state index is 6.28. The normalized spacial score (nSPS) is 19.2. The molecule has 1 fully saturated rings. The van der Waals surface area contributed by atoms with Gasteiger partial charge in [-0.05, 0) is 43.0 Å². The van der Waals surface area contributed by atoms with Crippen LogP contribution in [0.3, 0.4) is 0 Å². The topological polar surface area (TPSA) is 26.0 Å². The van der Waals surface area contributed by atoms with Gasteiger partial charge in [0.05, 0.1) is 0 Å². The van der Waals surface area contributed by atoms with Gasteiger partial charge < -0.3 is 5.73 Å². The van der Waals surface area contributed by atoms with Crippen molar-refractivity contribution in [2.24, 2.45) is 11.7 Å². The summed E-state index contributed by atoms with van der Waals surface area (Å²) >= 11 is 12.2. The summed E-state index contributed by atoms with van der Waals surface area (Å²) in [7, 11) is 0. The molecule has 94 valence electrons. The van der Waals surface area contributed by atoms with Gasteiger partial charge in [0.2, 0.25) is 0 Å². The highest BCUT2D eigenvalue weighted by atomic mass is 35.5. The first-order valence-electron chi connectivity index (χ1n) is 6.37. The SMILES string of the molecule is NCC(c1ccc(Cl)cc1Cl)C1CCCCC1. The molecule has 0 aromatic heterocycles. The fourth-order valence-electron chi connectivity index (χ4n) is 2.91. The number of benzene rings is 1. The van der Waals surface area contributed by atoms with Crippen LogP contribution in [0.5, 0.6) is 0 Å². The molecule has 0 bridgehead atoms. The van der Waals surface area contributed by atoms with Crippen molar-refractivity contribution in [1.29, 1.82) is 0 Å². The van der Waals surface area contributed by atoms with E-state index in [1.807, 2.05) is 18.2 Å². The van der Waals surface area contributed by atoms with Crippen LogP contribution in [0.2, 0.25) is 10.0 Å². The highest BCUT2D eigenvalue weighted by Crippen LogP contribution is 2.38. The summed E-state index contributed by atoms with van der Waals surface area (Å²) in [5, 5.41) is 1.46. The highest BCUT2D eigenvalue weighted by molar-refractivity contribution is 6.35. The van der Waals surface area contributed by atoms with E-state index in [4.69, 9.17) is 28.9 Å². The summed E-state index contributed by atoms with van der Waals surface area (Å²) in [5.41, 5.74) is 7.12. The van der Waals surface area contributed by atoms with Crippen LogP contribution in [0.1, 0.15) is 43.6 Å². The molecule has 1 aromatic rings. The molecule has 1 saturated carbocycles. The zero-order valence-electron chi connectivity index (χ0n) is 9.96. The minimum Gasteiger partial charge on any atom is -0.330 e. The van der Waals surface area contributed by atoms with Gasteiger partial charge in [-0.2, -0.15) is 0 Å². The summed E-state index contributed by atoms with van der Waals surface area (Å²) in [4.78, 5) is 0. The van der Waals surface area contributed by atoms with Crippen molar-refractivity contribution in [3.63, 3.8) is 0 Å². The Morgan fingerprint density at radius 1 is 1.18 bits per heavy atom. The first-order valence-corrected chi connectivity index (χ1v) is 7.13. The second kappa shape index (κ2) is 6.08. The van der Waals surface area contributed by atoms with Gasteiger partial charge in [0.15, 0.2) is 0 Å². The third-order valence-electron chi connectivity index (χ3n) is 3.83. The van der Waals surface area contributed by atoms with Crippen molar-refractivity contribution in [1.82, 2.24) is 0 Å². The molecule has 0 heterocycles. The molecule has 1 aliphatic carbocycles. The molecule has 1 nitrogen and oxygen atoms in total. The van der Waals surface area contributed by atoms with Crippen molar-refractivity contribution < 1.29 is 0 Å². The molecule has 0 radical (unpaired) electrons. The van der Waals surface area contributed by atoms with Crippen LogP contribution in [-0.4, -0.2) is 6.54 Å². The molecular formula is C14H19Cl2N. The largest absolute Gasteiger partial charge is 0.330 e. The number of hydrogen-bond donors (Lipinski definition) is 1. The van der Waals surface area contributed by atoms with Crippen molar-refractivity contribution in [2.45, 2.75) is 38.0 Å². The molecule has 1 atom stereocenters. The van der Waals surface area contributed by atoms with Gasteiger partial charge in [0, 0.05) is 16.0 Å². The van der Waals surface area contributed by atoms with E-state index in [1.165, 1.54) is 37.7 Å². The van der Waals surface area contributed by atoms with Crippen LogP contribution in [0.25, 0.3) is 0 Å². The van der Waals surface area contributed by atoms with Crippen LogP contribution < -0.4 is 5.73 Å². The Morgan fingerprint density at radius 2 is 1.88 bits per heavy atom. The smallest absolute Gasteiger partial charge is 0.0456 e. The number of hydrogen-bond acceptors (Lipinski definition) is 1. The second-order valence-corrected chi connectivity index (χ2v) is 5.75. The number of nitrogens with two attached hydrogens (primary N) is 1. The third-order valence-corrected chi connectivity index (χ3v) is 4.40. The molecule has 2 N–H and O–H groups in total. The summed E-state index contributed by atoms with van der Waals surface area (Å²) in [5.74, 6) is 1.08. The average molecular weight is 272 g/mol. The van der Waals surface area contributed by atoms with Crippen LogP contribution >= 0.6 is 23.2 Å².